The second-order valence-corrected chi connectivity index (χ2v) is 6.00. The number of hydrogen-bond acceptors (Lipinski definition) is 2. The average Bonchev–Trinajstić information content (AvgIpc) is 2.43. The van der Waals surface area contributed by atoms with E-state index >= 15 is 0 Å². The monoisotopic (exact) mass is 277 g/mol. The molecule has 0 spiro atoms. The lowest BCUT2D eigenvalue weighted by Crippen LogP contribution is -2.17. The van der Waals surface area contributed by atoms with Gasteiger partial charge in [0.2, 0.25) is 0 Å². The maximum absolute atomic E-state index is 3.75. The maximum atomic E-state index is 3.75. The summed E-state index contributed by atoms with van der Waals surface area (Å²) in [6.45, 7) is 9.13. The fraction of sp³-hybridized carbons (Fsp3) is 0.529. The Morgan fingerprint density at radius 2 is 1.95 bits per heavy atom. The van der Waals surface area contributed by atoms with Gasteiger partial charge in [-0.25, -0.2) is 0 Å². The van der Waals surface area contributed by atoms with Crippen molar-refractivity contribution in [1.82, 2.24) is 5.32 Å². The van der Waals surface area contributed by atoms with Crippen LogP contribution in [0.5, 0.6) is 0 Å². The first-order chi connectivity index (χ1) is 9.27. The van der Waals surface area contributed by atoms with Crippen LogP contribution in [-0.4, -0.2) is 12.3 Å². The summed E-state index contributed by atoms with van der Waals surface area (Å²) in [6.07, 6.45) is 7.06. The number of thioether (sulfide) groups is 1. The zero-order valence-electron chi connectivity index (χ0n) is 12.3. The van der Waals surface area contributed by atoms with Crippen molar-refractivity contribution in [3.05, 3.63) is 42.5 Å². The van der Waals surface area contributed by atoms with Gasteiger partial charge >= 0.3 is 0 Å². The number of unbranched alkanes of at least 4 members (excludes halogenated alkanes) is 3. The van der Waals surface area contributed by atoms with Crippen molar-refractivity contribution >= 4 is 11.8 Å². The van der Waals surface area contributed by atoms with Crippen LogP contribution in [0, 0.1) is 0 Å². The molecule has 0 saturated carbocycles. The summed E-state index contributed by atoms with van der Waals surface area (Å²) >= 11 is 1.97. The second-order valence-electron chi connectivity index (χ2n) is 4.83. The summed E-state index contributed by atoms with van der Waals surface area (Å²) in [4.78, 5) is 1.39. The molecule has 1 unspecified atom stereocenters. The molecule has 0 radical (unpaired) electrons. The van der Waals surface area contributed by atoms with Gasteiger partial charge in [-0.15, -0.1) is 18.3 Å². The zero-order valence-corrected chi connectivity index (χ0v) is 13.1. The van der Waals surface area contributed by atoms with Crippen LogP contribution in [-0.2, 0) is 0 Å². The highest BCUT2D eigenvalue weighted by atomic mass is 32.2. The summed E-state index contributed by atoms with van der Waals surface area (Å²) in [5.74, 6) is 1.22. The highest BCUT2D eigenvalue weighted by Gasteiger charge is 2.03. The van der Waals surface area contributed by atoms with Crippen molar-refractivity contribution in [2.45, 2.75) is 50.5 Å². The minimum Gasteiger partial charge on any atom is -0.310 e. The van der Waals surface area contributed by atoms with E-state index < -0.39 is 0 Å². The van der Waals surface area contributed by atoms with Gasteiger partial charge in [-0.2, -0.15) is 0 Å². The SMILES string of the molecule is C=CCCCCCSc1ccc(C(C)NCC)cc1. The van der Waals surface area contributed by atoms with Crippen LogP contribution in [0.4, 0.5) is 0 Å². The van der Waals surface area contributed by atoms with Crippen LogP contribution in [0.25, 0.3) is 0 Å². The molecule has 0 aliphatic rings. The van der Waals surface area contributed by atoms with Crippen LogP contribution in [0.15, 0.2) is 41.8 Å². The van der Waals surface area contributed by atoms with Crippen molar-refractivity contribution in [3.8, 4) is 0 Å². The Balaban J connectivity index is 2.26. The van der Waals surface area contributed by atoms with E-state index in [2.05, 4.69) is 50.0 Å². The average molecular weight is 277 g/mol. The Bertz CT molecular complexity index is 345. The largest absolute Gasteiger partial charge is 0.310 e. The fourth-order valence-corrected chi connectivity index (χ4v) is 2.95. The highest BCUT2D eigenvalue weighted by Crippen LogP contribution is 2.22. The third-order valence-electron chi connectivity index (χ3n) is 3.21. The molecule has 2 heteroatoms. The quantitative estimate of drug-likeness (QED) is 0.358. The van der Waals surface area contributed by atoms with E-state index in [-0.39, 0.29) is 0 Å². The van der Waals surface area contributed by atoms with Gasteiger partial charge in [-0.3, -0.25) is 0 Å². The van der Waals surface area contributed by atoms with E-state index in [1.807, 2.05) is 17.8 Å². The molecular weight excluding hydrogens is 250 g/mol. The molecule has 0 aliphatic heterocycles. The third-order valence-corrected chi connectivity index (χ3v) is 4.31. The zero-order chi connectivity index (χ0) is 13.9. The molecule has 0 fully saturated rings. The van der Waals surface area contributed by atoms with Gasteiger partial charge < -0.3 is 5.32 Å². The van der Waals surface area contributed by atoms with Crippen molar-refractivity contribution in [2.75, 3.05) is 12.3 Å². The van der Waals surface area contributed by atoms with Crippen LogP contribution in [0.1, 0.15) is 51.1 Å². The van der Waals surface area contributed by atoms with E-state index in [1.165, 1.54) is 35.5 Å². The lowest BCUT2D eigenvalue weighted by molar-refractivity contribution is 0.598. The van der Waals surface area contributed by atoms with Crippen molar-refractivity contribution in [2.24, 2.45) is 0 Å². The molecular formula is C17H27NS. The molecule has 1 aromatic carbocycles. The van der Waals surface area contributed by atoms with Crippen LogP contribution in [0.2, 0.25) is 0 Å². The topological polar surface area (TPSA) is 12.0 Å². The van der Waals surface area contributed by atoms with Gasteiger partial charge in [0.25, 0.3) is 0 Å². The van der Waals surface area contributed by atoms with E-state index in [0.717, 1.165) is 13.0 Å². The fourth-order valence-electron chi connectivity index (χ4n) is 2.03. The molecule has 1 atom stereocenters. The summed E-state index contributed by atoms with van der Waals surface area (Å²) in [5.41, 5.74) is 1.37. The highest BCUT2D eigenvalue weighted by molar-refractivity contribution is 7.99. The van der Waals surface area contributed by atoms with Crippen LogP contribution >= 0.6 is 11.8 Å². The predicted molar refractivity (Wildman–Crippen MR) is 87.9 cm³/mol. The molecule has 19 heavy (non-hydrogen) atoms. The van der Waals surface area contributed by atoms with Crippen molar-refractivity contribution in [1.29, 1.82) is 0 Å². The molecule has 1 aromatic rings. The summed E-state index contributed by atoms with van der Waals surface area (Å²) in [7, 11) is 0. The van der Waals surface area contributed by atoms with Crippen LogP contribution < -0.4 is 5.32 Å². The molecule has 0 saturated heterocycles. The molecule has 0 bridgehead atoms. The number of rotatable bonds is 10. The molecule has 0 heterocycles. The normalized spacial score (nSPS) is 12.3. The van der Waals surface area contributed by atoms with Gasteiger partial charge in [0, 0.05) is 10.9 Å². The minimum atomic E-state index is 0.447. The summed E-state index contributed by atoms with van der Waals surface area (Å²) < 4.78 is 0. The molecule has 106 valence electrons. The van der Waals surface area contributed by atoms with Gasteiger partial charge in [0.1, 0.15) is 0 Å². The predicted octanol–water partition coefficient (Wildman–Crippen LogP) is 5.20. The first-order valence-electron chi connectivity index (χ1n) is 7.35. The first kappa shape index (κ1) is 16.3. The summed E-state index contributed by atoms with van der Waals surface area (Å²) in [6, 6.07) is 9.43. The Labute approximate surface area is 122 Å². The molecule has 0 aromatic heterocycles. The van der Waals surface area contributed by atoms with Crippen molar-refractivity contribution < 1.29 is 0 Å². The Morgan fingerprint density at radius 1 is 1.21 bits per heavy atom. The maximum Gasteiger partial charge on any atom is 0.0291 e. The Morgan fingerprint density at radius 3 is 2.58 bits per heavy atom. The Kier molecular flexibility index (Phi) is 8.68. The number of allylic oxidation sites excluding steroid dienone is 1. The minimum absolute atomic E-state index is 0.447. The number of hydrogen-bond donors (Lipinski definition) is 1. The van der Waals surface area contributed by atoms with E-state index in [0.29, 0.717) is 6.04 Å². The van der Waals surface area contributed by atoms with E-state index in [1.54, 1.807) is 0 Å². The van der Waals surface area contributed by atoms with Gasteiger partial charge in [-0.05, 0) is 56.2 Å². The summed E-state index contributed by atoms with van der Waals surface area (Å²) in [5, 5.41) is 3.44. The van der Waals surface area contributed by atoms with Crippen molar-refractivity contribution in [3.63, 3.8) is 0 Å². The lowest BCUT2D eigenvalue weighted by Gasteiger charge is -2.13. The second kappa shape index (κ2) is 10.1. The Hall–Kier alpha value is -0.730. The smallest absolute Gasteiger partial charge is 0.0291 e. The van der Waals surface area contributed by atoms with E-state index in [9.17, 15) is 0 Å². The number of nitrogens with one attached hydrogen (secondary N) is 1. The van der Waals surface area contributed by atoms with Crippen LogP contribution in [0.3, 0.4) is 0 Å². The van der Waals surface area contributed by atoms with Gasteiger partial charge in [0.05, 0.1) is 0 Å². The van der Waals surface area contributed by atoms with Gasteiger partial charge in [0.15, 0.2) is 0 Å². The first-order valence-corrected chi connectivity index (χ1v) is 8.33. The molecule has 0 aliphatic carbocycles. The lowest BCUT2D eigenvalue weighted by atomic mass is 10.1. The van der Waals surface area contributed by atoms with Gasteiger partial charge in [-0.1, -0.05) is 31.6 Å². The standard InChI is InChI=1S/C17H27NS/c1-4-6-7-8-9-14-19-17-12-10-16(11-13-17)15(3)18-5-2/h4,10-13,15,18H,1,5-9,14H2,2-3H3. The molecule has 1 N–H and O–H groups in total. The van der Waals surface area contributed by atoms with E-state index in [4.69, 9.17) is 0 Å². The number of benzene rings is 1. The third kappa shape index (κ3) is 6.84. The molecule has 0 amide bonds. The molecule has 1 nitrogen and oxygen atoms in total. The molecule has 1 rings (SSSR count).